The van der Waals surface area contributed by atoms with Gasteiger partial charge in [0.1, 0.15) is 12.2 Å². The Morgan fingerprint density at radius 3 is 2.23 bits per heavy atom. The zero-order valence-corrected chi connectivity index (χ0v) is 13.5. The quantitative estimate of drug-likeness (QED) is 0.784. The van der Waals surface area contributed by atoms with Gasteiger partial charge >= 0.3 is 0 Å². The molecule has 0 radical (unpaired) electrons. The number of fused-ring (bicyclic) bond motifs is 1. The van der Waals surface area contributed by atoms with Crippen molar-refractivity contribution in [2.45, 2.75) is 63.9 Å². The number of rotatable bonds is 2. The third kappa shape index (κ3) is 2.45. The van der Waals surface area contributed by atoms with Crippen LogP contribution in [0.4, 0.5) is 0 Å². The van der Waals surface area contributed by atoms with Crippen LogP contribution in [0.25, 0.3) is 0 Å². The highest BCUT2D eigenvalue weighted by molar-refractivity contribution is 5.21. The molecule has 3 aliphatic heterocycles. The van der Waals surface area contributed by atoms with Gasteiger partial charge in [0, 0.05) is 11.8 Å². The summed E-state index contributed by atoms with van der Waals surface area (Å²) in [6.45, 7) is 8.27. The molecule has 122 valence electrons. The molecule has 5 atom stereocenters. The fourth-order valence-electron chi connectivity index (χ4n) is 3.91. The van der Waals surface area contributed by atoms with E-state index in [-0.39, 0.29) is 36.4 Å². The number of allylic oxidation sites excluding steroid dienone is 4. The van der Waals surface area contributed by atoms with Crippen molar-refractivity contribution >= 4 is 0 Å². The Hall–Kier alpha value is -0.720. The Bertz CT molecular complexity index is 497. The van der Waals surface area contributed by atoms with Gasteiger partial charge in [-0.2, -0.15) is 0 Å². The Morgan fingerprint density at radius 1 is 0.864 bits per heavy atom. The van der Waals surface area contributed by atoms with Gasteiger partial charge in [-0.05, 0) is 27.7 Å². The van der Waals surface area contributed by atoms with E-state index in [0.717, 1.165) is 0 Å². The molecule has 4 aliphatic rings. The largest absolute Gasteiger partial charge is 0.348 e. The highest BCUT2D eigenvalue weighted by atomic mass is 16.8. The summed E-state index contributed by atoms with van der Waals surface area (Å²) in [6, 6.07) is 0. The first-order valence-electron chi connectivity index (χ1n) is 8.03. The lowest BCUT2D eigenvalue weighted by molar-refractivity contribution is -0.228. The fraction of sp³-hybridized carbons (Fsp3) is 0.765. The normalized spacial score (nSPS) is 45.7. The van der Waals surface area contributed by atoms with Crippen molar-refractivity contribution in [3.05, 3.63) is 24.3 Å². The summed E-state index contributed by atoms with van der Waals surface area (Å²) in [5.74, 6) is -0.704. The Morgan fingerprint density at radius 2 is 1.59 bits per heavy atom. The first-order chi connectivity index (χ1) is 10.3. The highest BCUT2D eigenvalue weighted by Crippen LogP contribution is 2.47. The van der Waals surface area contributed by atoms with Crippen LogP contribution in [0.2, 0.25) is 0 Å². The van der Waals surface area contributed by atoms with Crippen molar-refractivity contribution in [3.63, 3.8) is 0 Å². The summed E-state index contributed by atoms with van der Waals surface area (Å²) in [5.41, 5.74) is 0. The third-order valence-corrected chi connectivity index (χ3v) is 4.76. The second-order valence-corrected chi connectivity index (χ2v) is 7.36. The van der Waals surface area contributed by atoms with Gasteiger partial charge in [-0.15, -0.1) is 0 Å². The summed E-state index contributed by atoms with van der Waals surface area (Å²) < 4.78 is 30.0. The molecule has 0 unspecified atom stereocenters. The lowest BCUT2D eigenvalue weighted by Crippen LogP contribution is -2.41. The zero-order chi connectivity index (χ0) is 15.5. The predicted octanol–water partition coefficient (Wildman–Crippen LogP) is 2.37. The molecule has 0 amide bonds. The van der Waals surface area contributed by atoms with Crippen LogP contribution >= 0.6 is 0 Å². The van der Waals surface area contributed by atoms with E-state index in [1.165, 1.54) is 0 Å². The molecule has 0 spiro atoms. The van der Waals surface area contributed by atoms with E-state index in [9.17, 15) is 0 Å². The van der Waals surface area contributed by atoms with Crippen LogP contribution < -0.4 is 0 Å². The highest BCUT2D eigenvalue weighted by Gasteiger charge is 2.59. The summed E-state index contributed by atoms with van der Waals surface area (Å²) >= 11 is 0. The number of ether oxygens (including phenoxy) is 5. The van der Waals surface area contributed by atoms with Crippen LogP contribution in [0, 0.1) is 11.8 Å². The topological polar surface area (TPSA) is 46.2 Å². The van der Waals surface area contributed by atoms with Gasteiger partial charge in [-0.25, -0.2) is 0 Å². The smallest absolute Gasteiger partial charge is 0.187 e. The standard InChI is InChI=1S/C17H24O5/c1-16(2)18-9-11(20-16)13-12(10-7-5-6-8-10)14-15(19-13)22-17(3,4)21-14/h5-8,10-15H,9H2,1-4H3/t11-,12+,13-,14-,15-/m1/s1. The van der Waals surface area contributed by atoms with Crippen LogP contribution in [0.15, 0.2) is 24.3 Å². The van der Waals surface area contributed by atoms with Gasteiger partial charge in [0.05, 0.1) is 12.7 Å². The first-order valence-corrected chi connectivity index (χ1v) is 8.03. The molecular weight excluding hydrogens is 284 g/mol. The second-order valence-electron chi connectivity index (χ2n) is 7.36. The average Bonchev–Trinajstić information content (AvgIpc) is 3.11. The van der Waals surface area contributed by atoms with Crippen LogP contribution in [0.1, 0.15) is 27.7 Å². The summed E-state index contributed by atoms with van der Waals surface area (Å²) in [7, 11) is 0. The molecule has 0 aromatic carbocycles. The molecule has 0 N–H and O–H groups in total. The number of hydrogen-bond acceptors (Lipinski definition) is 5. The summed E-state index contributed by atoms with van der Waals surface area (Å²) in [5, 5.41) is 0. The second kappa shape index (κ2) is 4.89. The molecule has 4 rings (SSSR count). The van der Waals surface area contributed by atoms with Crippen molar-refractivity contribution in [2.24, 2.45) is 11.8 Å². The van der Waals surface area contributed by atoms with Crippen molar-refractivity contribution in [1.82, 2.24) is 0 Å². The maximum Gasteiger partial charge on any atom is 0.187 e. The fourth-order valence-corrected chi connectivity index (χ4v) is 3.91. The van der Waals surface area contributed by atoms with E-state index in [1.54, 1.807) is 0 Å². The molecule has 0 bridgehead atoms. The van der Waals surface area contributed by atoms with Gasteiger partial charge in [0.2, 0.25) is 0 Å². The van der Waals surface area contributed by atoms with Gasteiger partial charge in [-0.1, -0.05) is 24.3 Å². The predicted molar refractivity (Wildman–Crippen MR) is 78.9 cm³/mol. The zero-order valence-electron chi connectivity index (χ0n) is 13.5. The summed E-state index contributed by atoms with van der Waals surface area (Å²) in [4.78, 5) is 0. The van der Waals surface area contributed by atoms with E-state index in [0.29, 0.717) is 6.61 Å². The van der Waals surface area contributed by atoms with Crippen LogP contribution in [0.5, 0.6) is 0 Å². The first kappa shape index (κ1) is 14.8. The average molecular weight is 308 g/mol. The summed E-state index contributed by atoms with van der Waals surface area (Å²) in [6.07, 6.45) is 7.94. The molecule has 22 heavy (non-hydrogen) atoms. The maximum absolute atomic E-state index is 6.20. The van der Waals surface area contributed by atoms with E-state index in [4.69, 9.17) is 23.7 Å². The van der Waals surface area contributed by atoms with Crippen molar-refractivity contribution in [2.75, 3.05) is 6.61 Å². The Labute approximate surface area is 131 Å². The Balaban J connectivity index is 1.59. The van der Waals surface area contributed by atoms with E-state index < -0.39 is 11.6 Å². The van der Waals surface area contributed by atoms with Crippen molar-refractivity contribution in [3.8, 4) is 0 Å². The van der Waals surface area contributed by atoms with Crippen molar-refractivity contribution in [1.29, 1.82) is 0 Å². The molecule has 3 heterocycles. The van der Waals surface area contributed by atoms with Crippen LogP contribution in [0.3, 0.4) is 0 Å². The molecule has 5 heteroatoms. The van der Waals surface area contributed by atoms with Crippen LogP contribution in [-0.4, -0.2) is 42.8 Å². The molecule has 0 aromatic rings. The van der Waals surface area contributed by atoms with Gasteiger partial charge in [-0.3, -0.25) is 0 Å². The monoisotopic (exact) mass is 308 g/mol. The molecule has 3 saturated heterocycles. The molecule has 3 fully saturated rings. The van der Waals surface area contributed by atoms with Gasteiger partial charge in [0.15, 0.2) is 17.9 Å². The minimum atomic E-state index is -0.600. The minimum absolute atomic E-state index is 0.0790. The molecular formula is C17H24O5. The lowest BCUT2D eigenvalue weighted by atomic mass is 9.83. The number of hydrogen-bond donors (Lipinski definition) is 0. The molecule has 1 aliphatic carbocycles. The minimum Gasteiger partial charge on any atom is -0.348 e. The van der Waals surface area contributed by atoms with Crippen LogP contribution in [-0.2, 0) is 23.7 Å². The van der Waals surface area contributed by atoms with E-state index in [1.807, 2.05) is 27.7 Å². The molecule has 5 nitrogen and oxygen atoms in total. The lowest BCUT2D eigenvalue weighted by Gasteiger charge is -2.31. The van der Waals surface area contributed by atoms with E-state index >= 15 is 0 Å². The maximum atomic E-state index is 6.20. The molecule has 0 saturated carbocycles. The SMILES string of the molecule is CC1(C)O[C@H]2O[C@H]([C@H]3COC(C)(C)O3)[C@H](C3C=CC=C3)[C@H]2O1. The Kier molecular flexibility index (Phi) is 3.30. The molecule has 0 aromatic heterocycles. The van der Waals surface area contributed by atoms with E-state index in [2.05, 4.69) is 24.3 Å². The van der Waals surface area contributed by atoms with Gasteiger partial charge < -0.3 is 23.7 Å². The van der Waals surface area contributed by atoms with Gasteiger partial charge in [0.25, 0.3) is 0 Å². The van der Waals surface area contributed by atoms with Crippen molar-refractivity contribution < 1.29 is 23.7 Å². The third-order valence-electron chi connectivity index (χ3n) is 4.76.